The minimum atomic E-state index is -0.951. The van der Waals surface area contributed by atoms with Gasteiger partial charge in [-0.1, -0.05) is 23.2 Å². The summed E-state index contributed by atoms with van der Waals surface area (Å²) < 4.78 is 5.37. The zero-order valence-electron chi connectivity index (χ0n) is 16.2. The van der Waals surface area contributed by atoms with Crippen molar-refractivity contribution in [3.63, 3.8) is 0 Å². The maximum Gasteiger partial charge on any atom is 0.329 e. The third-order valence-electron chi connectivity index (χ3n) is 3.46. The molecule has 0 fully saturated rings. The molecule has 0 radical (unpaired) electrons. The molecule has 2 aromatic rings. The molecular weight excluding hydrogens is 431 g/mol. The molecule has 0 aliphatic rings. The summed E-state index contributed by atoms with van der Waals surface area (Å²) >= 11 is 11.7. The van der Waals surface area contributed by atoms with Crippen LogP contribution in [-0.2, 0) is 14.4 Å². The summed E-state index contributed by atoms with van der Waals surface area (Å²) in [6.45, 7) is 3.64. The number of halogens is 2. The number of nitrogens with zero attached hydrogens (tertiary/aromatic N) is 1. The van der Waals surface area contributed by atoms with E-state index in [1.807, 2.05) is 13.8 Å². The van der Waals surface area contributed by atoms with Gasteiger partial charge in [-0.3, -0.25) is 14.4 Å². The third-order valence-corrected chi connectivity index (χ3v) is 4.20. The lowest BCUT2D eigenvalue weighted by Gasteiger charge is -2.09. The molecule has 3 amide bonds. The monoisotopic (exact) mass is 450 g/mol. The Labute approximate surface area is 183 Å². The normalized spacial score (nSPS) is 10.7. The van der Waals surface area contributed by atoms with Crippen molar-refractivity contribution in [2.45, 2.75) is 19.9 Å². The van der Waals surface area contributed by atoms with Gasteiger partial charge in [-0.05, 0) is 61.9 Å². The molecule has 0 aliphatic carbocycles. The molecular formula is C20H20Cl2N4O4. The highest BCUT2D eigenvalue weighted by molar-refractivity contribution is 6.42. The molecule has 0 aromatic heterocycles. The first kappa shape index (κ1) is 23.2. The van der Waals surface area contributed by atoms with Crippen LogP contribution in [0.5, 0.6) is 5.75 Å². The van der Waals surface area contributed by atoms with Crippen LogP contribution in [0.4, 0.5) is 5.69 Å². The summed E-state index contributed by atoms with van der Waals surface area (Å²) in [4.78, 5) is 35.2. The third kappa shape index (κ3) is 7.73. The SMILES string of the molecule is CC(C)NC(=O)COc1ccc(/C=N\NC(=O)C(=O)Nc2ccc(Cl)c(Cl)c2)cc1. The number of benzene rings is 2. The van der Waals surface area contributed by atoms with Gasteiger partial charge in [-0.15, -0.1) is 0 Å². The number of carbonyl (C=O) groups excluding carboxylic acids is 3. The number of carbonyl (C=O) groups is 3. The zero-order valence-corrected chi connectivity index (χ0v) is 17.8. The highest BCUT2D eigenvalue weighted by Gasteiger charge is 2.13. The molecule has 3 N–H and O–H groups in total. The van der Waals surface area contributed by atoms with Gasteiger partial charge in [-0.2, -0.15) is 5.10 Å². The Morgan fingerprint density at radius 2 is 1.73 bits per heavy atom. The van der Waals surface area contributed by atoms with Gasteiger partial charge < -0.3 is 15.4 Å². The van der Waals surface area contributed by atoms with E-state index in [4.69, 9.17) is 27.9 Å². The van der Waals surface area contributed by atoms with Crippen molar-refractivity contribution in [2.75, 3.05) is 11.9 Å². The van der Waals surface area contributed by atoms with Crippen LogP contribution in [-0.4, -0.2) is 36.6 Å². The van der Waals surface area contributed by atoms with Crippen molar-refractivity contribution in [3.8, 4) is 5.75 Å². The van der Waals surface area contributed by atoms with Crippen LogP contribution in [0.25, 0.3) is 0 Å². The van der Waals surface area contributed by atoms with Crippen LogP contribution in [0.15, 0.2) is 47.6 Å². The van der Waals surface area contributed by atoms with E-state index in [1.54, 1.807) is 24.3 Å². The fourth-order valence-corrected chi connectivity index (χ4v) is 2.44. The molecule has 10 heteroatoms. The Balaban J connectivity index is 1.81. The number of amides is 3. The second kappa shape index (κ2) is 11.2. The lowest BCUT2D eigenvalue weighted by molar-refractivity contribution is -0.136. The maximum atomic E-state index is 11.9. The Morgan fingerprint density at radius 3 is 2.37 bits per heavy atom. The van der Waals surface area contributed by atoms with Crippen LogP contribution < -0.4 is 20.8 Å². The van der Waals surface area contributed by atoms with E-state index in [1.165, 1.54) is 24.4 Å². The average Bonchev–Trinajstić information content (AvgIpc) is 2.69. The van der Waals surface area contributed by atoms with E-state index < -0.39 is 11.8 Å². The molecule has 0 unspecified atom stereocenters. The molecule has 0 atom stereocenters. The standard InChI is InChI=1S/C20H20Cl2N4O4/c1-12(2)24-18(27)11-30-15-6-3-13(4-7-15)10-23-26-20(29)19(28)25-14-5-8-16(21)17(22)9-14/h3-10,12H,11H2,1-2H3,(H,24,27)(H,25,28)(H,26,29)/b23-10-. The first-order valence-corrected chi connectivity index (χ1v) is 9.62. The van der Waals surface area contributed by atoms with Gasteiger partial charge in [0.1, 0.15) is 5.75 Å². The number of anilines is 1. The molecule has 2 aromatic carbocycles. The van der Waals surface area contributed by atoms with Gasteiger partial charge in [0.2, 0.25) is 0 Å². The van der Waals surface area contributed by atoms with E-state index in [9.17, 15) is 14.4 Å². The Kier molecular flexibility index (Phi) is 8.64. The highest BCUT2D eigenvalue weighted by Crippen LogP contribution is 2.24. The number of hydrogen-bond acceptors (Lipinski definition) is 5. The zero-order chi connectivity index (χ0) is 22.1. The number of hydrogen-bond donors (Lipinski definition) is 3. The minimum Gasteiger partial charge on any atom is -0.484 e. The van der Waals surface area contributed by atoms with Crippen LogP contribution in [0.3, 0.4) is 0 Å². The molecule has 0 saturated carbocycles. The second-order valence-electron chi connectivity index (χ2n) is 6.36. The number of ether oxygens (including phenoxy) is 1. The predicted octanol–water partition coefficient (Wildman–Crippen LogP) is 2.99. The summed E-state index contributed by atoms with van der Waals surface area (Å²) in [7, 11) is 0. The molecule has 30 heavy (non-hydrogen) atoms. The summed E-state index contributed by atoms with van der Waals surface area (Å²) in [6.07, 6.45) is 1.36. The van der Waals surface area contributed by atoms with Crippen molar-refractivity contribution < 1.29 is 19.1 Å². The predicted molar refractivity (Wildman–Crippen MR) is 116 cm³/mol. The van der Waals surface area contributed by atoms with E-state index in [0.717, 1.165) is 0 Å². The molecule has 158 valence electrons. The molecule has 0 spiro atoms. The molecule has 0 saturated heterocycles. The molecule has 0 heterocycles. The van der Waals surface area contributed by atoms with Crippen molar-refractivity contribution in [2.24, 2.45) is 5.10 Å². The quantitative estimate of drug-likeness (QED) is 0.342. The summed E-state index contributed by atoms with van der Waals surface area (Å²) in [6, 6.07) is 11.2. The lowest BCUT2D eigenvalue weighted by atomic mass is 10.2. The largest absolute Gasteiger partial charge is 0.484 e. The number of nitrogens with one attached hydrogen (secondary N) is 3. The van der Waals surface area contributed by atoms with Gasteiger partial charge in [0, 0.05) is 11.7 Å². The van der Waals surface area contributed by atoms with Crippen LogP contribution in [0.2, 0.25) is 10.0 Å². The van der Waals surface area contributed by atoms with Crippen molar-refractivity contribution in [1.82, 2.24) is 10.7 Å². The van der Waals surface area contributed by atoms with E-state index >= 15 is 0 Å². The summed E-state index contributed by atoms with van der Waals surface area (Å²) in [5.41, 5.74) is 3.10. The Bertz CT molecular complexity index is 946. The smallest absolute Gasteiger partial charge is 0.329 e. The van der Waals surface area contributed by atoms with E-state index in [2.05, 4.69) is 21.2 Å². The van der Waals surface area contributed by atoms with E-state index in [-0.39, 0.29) is 23.6 Å². The van der Waals surface area contributed by atoms with E-state index in [0.29, 0.717) is 22.0 Å². The average molecular weight is 451 g/mol. The van der Waals surface area contributed by atoms with Crippen molar-refractivity contribution >= 4 is 52.8 Å². The van der Waals surface area contributed by atoms with Gasteiger partial charge >= 0.3 is 11.8 Å². The van der Waals surface area contributed by atoms with Crippen LogP contribution in [0.1, 0.15) is 19.4 Å². The van der Waals surface area contributed by atoms with Gasteiger partial charge in [0.15, 0.2) is 6.61 Å². The van der Waals surface area contributed by atoms with Crippen LogP contribution in [0, 0.1) is 0 Å². The van der Waals surface area contributed by atoms with Gasteiger partial charge in [0.25, 0.3) is 5.91 Å². The fraction of sp³-hybridized carbons (Fsp3) is 0.200. The molecule has 8 nitrogen and oxygen atoms in total. The van der Waals surface area contributed by atoms with Crippen molar-refractivity contribution in [1.29, 1.82) is 0 Å². The first-order chi connectivity index (χ1) is 14.2. The molecule has 2 rings (SSSR count). The number of rotatable bonds is 7. The summed E-state index contributed by atoms with van der Waals surface area (Å²) in [5.74, 6) is -1.56. The Hall–Kier alpha value is -3.10. The number of hydrazone groups is 1. The minimum absolute atomic E-state index is 0.0426. The molecule has 0 aliphatic heterocycles. The molecule has 0 bridgehead atoms. The van der Waals surface area contributed by atoms with Crippen LogP contribution >= 0.6 is 23.2 Å². The lowest BCUT2D eigenvalue weighted by Crippen LogP contribution is -2.34. The van der Waals surface area contributed by atoms with Crippen molar-refractivity contribution in [3.05, 3.63) is 58.1 Å². The Morgan fingerprint density at radius 1 is 1.03 bits per heavy atom. The van der Waals surface area contributed by atoms with Gasteiger partial charge in [-0.25, -0.2) is 5.43 Å². The summed E-state index contributed by atoms with van der Waals surface area (Å²) in [5, 5.41) is 9.42. The highest BCUT2D eigenvalue weighted by atomic mass is 35.5. The maximum absolute atomic E-state index is 11.9. The topological polar surface area (TPSA) is 109 Å². The second-order valence-corrected chi connectivity index (χ2v) is 7.18. The first-order valence-electron chi connectivity index (χ1n) is 8.86. The van der Waals surface area contributed by atoms with Gasteiger partial charge in [0.05, 0.1) is 16.3 Å². The fourth-order valence-electron chi connectivity index (χ4n) is 2.14.